The maximum atomic E-state index is 9.09. The number of fused-ring (bicyclic) bond motifs is 1. The van der Waals surface area contributed by atoms with Gasteiger partial charge in [0.15, 0.2) is 0 Å². The van der Waals surface area contributed by atoms with Crippen molar-refractivity contribution in [3.8, 4) is 6.07 Å². The van der Waals surface area contributed by atoms with Crippen LogP contribution in [0.3, 0.4) is 0 Å². The SMILES string of the molecule is N#Cc1cccc(N2CCN(c3ccc4ccn(CCN5CCCC5)c4n3)CC2)n1. The molecule has 154 valence electrons. The number of likely N-dealkylation sites (tertiary alicyclic amines) is 1. The third-order valence-corrected chi connectivity index (χ3v) is 6.23. The monoisotopic (exact) mass is 401 g/mol. The second kappa shape index (κ2) is 8.33. The van der Waals surface area contributed by atoms with Crippen LogP contribution in [0.2, 0.25) is 0 Å². The summed E-state index contributed by atoms with van der Waals surface area (Å²) in [6.07, 6.45) is 4.83. The highest BCUT2D eigenvalue weighted by atomic mass is 15.3. The fraction of sp³-hybridized carbons (Fsp3) is 0.435. The molecule has 0 atom stereocenters. The molecule has 30 heavy (non-hydrogen) atoms. The molecule has 3 aromatic heterocycles. The molecule has 0 unspecified atom stereocenters. The normalized spacial score (nSPS) is 17.6. The molecule has 0 spiro atoms. The second-order valence-corrected chi connectivity index (χ2v) is 8.11. The topological polar surface area (TPSA) is 64.2 Å². The van der Waals surface area contributed by atoms with Gasteiger partial charge >= 0.3 is 0 Å². The second-order valence-electron chi connectivity index (χ2n) is 8.11. The van der Waals surface area contributed by atoms with Crippen molar-refractivity contribution in [3.63, 3.8) is 0 Å². The van der Waals surface area contributed by atoms with Crippen molar-refractivity contribution in [1.82, 2.24) is 19.4 Å². The van der Waals surface area contributed by atoms with Gasteiger partial charge in [0.2, 0.25) is 0 Å². The molecule has 5 rings (SSSR count). The van der Waals surface area contributed by atoms with Crippen LogP contribution in [0.25, 0.3) is 11.0 Å². The van der Waals surface area contributed by atoms with Crippen LogP contribution in [0.5, 0.6) is 0 Å². The largest absolute Gasteiger partial charge is 0.353 e. The summed E-state index contributed by atoms with van der Waals surface area (Å²) in [5.41, 5.74) is 1.55. The van der Waals surface area contributed by atoms with Gasteiger partial charge in [0.25, 0.3) is 0 Å². The van der Waals surface area contributed by atoms with Crippen molar-refractivity contribution >= 4 is 22.7 Å². The van der Waals surface area contributed by atoms with Gasteiger partial charge in [-0.2, -0.15) is 5.26 Å². The van der Waals surface area contributed by atoms with E-state index in [0.717, 1.165) is 56.6 Å². The van der Waals surface area contributed by atoms with E-state index in [-0.39, 0.29) is 0 Å². The molecular weight excluding hydrogens is 374 g/mol. The first-order valence-corrected chi connectivity index (χ1v) is 10.9. The summed E-state index contributed by atoms with van der Waals surface area (Å²) in [4.78, 5) is 16.6. The molecule has 2 saturated heterocycles. The van der Waals surface area contributed by atoms with E-state index in [1.807, 2.05) is 12.1 Å². The van der Waals surface area contributed by atoms with E-state index >= 15 is 0 Å². The van der Waals surface area contributed by atoms with Crippen molar-refractivity contribution in [1.29, 1.82) is 5.26 Å². The zero-order valence-corrected chi connectivity index (χ0v) is 17.2. The lowest BCUT2D eigenvalue weighted by molar-refractivity contribution is 0.324. The van der Waals surface area contributed by atoms with Crippen molar-refractivity contribution < 1.29 is 0 Å². The number of nitriles is 1. The predicted octanol–water partition coefficient (Wildman–Crippen LogP) is 2.73. The van der Waals surface area contributed by atoms with Crippen LogP contribution in [0.4, 0.5) is 11.6 Å². The van der Waals surface area contributed by atoms with E-state index in [0.29, 0.717) is 5.69 Å². The van der Waals surface area contributed by atoms with Gasteiger partial charge in [0.1, 0.15) is 29.0 Å². The molecular formula is C23H27N7. The summed E-state index contributed by atoms with van der Waals surface area (Å²) in [6.45, 7) is 8.09. The minimum atomic E-state index is 0.469. The molecule has 7 nitrogen and oxygen atoms in total. The molecule has 7 heteroatoms. The molecule has 5 heterocycles. The zero-order valence-electron chi connectivity index (χ0n) is 17.2. The van der Waals surface area contributed by atoms with Crippen LogP contribution in [-0.4, -0.2) is 65.2 Å². The highest BCUT2D eigenvalue weighted by Gasteiger charge is 2.20. The van der Waals surface area contributed by atoms with Gasteiger partial charge in [0, 0.05) is 50.9 Å². The first kappa shape index (κ1) is 18.9. The Labute approximate surface area is 177 Å². The van der Waals surface area contributed by atoms with Gasteiger partial charge in [-0.15, -0.1) is 0 Å². The van der Waals surface area contributed by atoms with Crippen molar-refractivity contribution in [2.24, 2.45) is 0 Å². The van der Waals surface area contributed by atoms with Gasteiger partial charge in [-0.3, -0.25) is 0 Å². The van der Waals surface area contributed by atoms with Gasteiger partial charge in [-0.25, -0.2) is 9.97 Å². The quantitative estimate of drug-likeness (QED) is 0.655. The smallest absolute Gasteiger partial charge is 0.142 e. The van der Waals surface area contributed by atoms with Gasteiger partial charge in [-0.1, -0.05) is 6.07 Å². The maximum absolute atomic E-state index is 9.09. The maximum Gasteiger partial charge on any atom is 0.142 e. The van der Waals surface area contributed by atoms with Crippen LogP contribution < -0.4 is 9.80 Å². The Bertz CT molecular complexity index is 1050. The van der Waals surface area contributed by atoms with Crippen LogP contribution in [0.15, 0.2) is 42.6 Å². The van der Waals surface area contributed by atoms with Crippen molar-refractivity contribution in [2.45, 2.75) is 19.4 Å². The number of hydrogen-bond acceptors (Lipinski definition) is 6. The fourth-order valence-electron chi connectivity index (χ4n) is 4.49. The number of aromatic nitrogens is 3. The van der Waals surface area contributed by atoms with E-state index in [9.17, 15) is 0 Å². The van der Waals surface area contributed by atoms with Gasteiger partial charge < -0.3 is 19.3 Å². The van der Waals surface area contributed by atoms with E-state index in [4.69, 9.17) is 10.2 Å². The fourth-order valence-corrected chi connectivity index (χ4v) is 4.49. The summed E-state index contributed by atoms with van der Waals surface area (Å²) in [5, 5.41) is 10.3. The lowest BCUT2D eigenvalue weighted by Gasteiger charge is -2.36. The Kier molecular flexibility index (Phi) is 5.24. The molecule has 0 aliphatic carbocycles. The molecule has 2 fully saturated rings. The summed E-state index contributed by atoms with van der Waals surface area (Å²) in [7, 11) is 0. The van der Waals surface area contributed by atoms with Crippen molar-refractivity contribution in [3.05, 3.63) is 48.3 Å². The van der Waals surface area contributed by atoms with Gasteiger partial charge in [0.05, 0.1) is 0 Å². The highest BCUT2D eigenvalue weighted by molar-refractivity contribution is 5.78. The summed E-state index contributed by atoms with van der Waals surface area (Å²) in [6, 6.07) is 14.2. The number of piperazine rings is 1. The van der Waals surface area contributed by atoms with Gasteiger partial charge in [-0.05, 0) is 56.3 Å². The highest BCUT2D eigenvalue weighted by Crippen LogP contribution is 2.22. The first-order chi connectivity index (χ1) is 14.8. The molecule has 2 aliphatic rings. The first-order valence-electron chi connectivity index (χ1n) is 10.9. The Balaban J connectivity index is 1.27. The number of pyridine rings is 2. The average molecular weight is 402 g/mol. The number of nitrogens with zero attached hydrogens (tertiary/aromatic N) is 7. The Morgan fingerprint density at radius 3 is 2.27 bits per heavy atom. The molecule has 3 aromatic rings. The third-order valence-electron chi connectivity index (χ3n) is 6.23. The minimum absolute atomic E-state index is 0.469. The number of anilines is 2. The molecule has 0 saturated carbocycles. The molecule has 0 bridgehead atoms. The van der Waals surface area contributed by atoms with E-state index in [1.54, 1.807) is 6.07 Å². The van der Waals surface area contributed by atoms with Crippen LogP contribution in [0, 0.1) is 11.3 Å². The third kappa shape index (κ3) is 3.83. The summed E-state index contributed by atoms with van der Waals surface area (Å²) < 4.78 is 2.30. The number of hydrogen-bond donors (Lipinski definition) is 0. The van der Waals surface area contributed by atoms with Crippen LogP contribution >= 0.6 is 0 Å². The minimum Gasteiger partial charge on any atom is -0.353 e. The lowest BCUT2D eigenvalue weighted by atomic mass is 10.2. The standard InChI is InChI=1S/C23H27N7/c24-18-20-4-3-5-21(25-20)28-14-16-29(17-15-28)22-7-6-19-8-11-30(23(19)26-22)13-12-27-9-1-2-10-27/h3-8,11H,1-2,9-10,12-17H2. The van der Waals surface area contributed by atoms with E-state index in [1.165, 1.54) is 31.3 Å². The molecule has 0 aromatic carbocycles. The van der Waals surface area contributed by atoms with Crippen molar-refractivity contribution in [2.75, 3.05) is 55.6 Å². The Morgan fingerprint density at radius 1 is 0.800 bits per heavy atom. The Morgan fingerprint density at radius 2 is 1.53 bits per heavy atom. The summed E-state index contributed by atoms with van der Waals surface area (Å²) in [5.74, 6) is 1.93. The zero-order chi connectivity index (χ0) is 20.3. The van der Waals surface area contributed by atoms with Crippen LogP contribution in [0.1, 0.15) is 18.5 Å². The Hall–Kier alpha value is -3.11. The summed E-state index contributed by atoms with van der Waals surface area (Å²) >= 11 is 0. The average Bonchev–Trinajstić information content (AvgIpc) is 3.47. The molecule has 0 amide bonds. The van der Waals surface area contributed by atoms with E-state index < -0.39 is 0 Å². The van der Waals surface area contributed by atoms with E-state index in [2.05, 4.69) is 54.7 Å². The molecule has 0 radical (unpaired) electrons. The number of rotatable bonds is 5. The predicted molar refractivity (Wildman–Crippen MR) is 119 cm³/mol. The lowest BCUT2D eigenvalue weighted by Crippen LogP contribution is -2.47. The molecule has 2 aliphatic heterocycles. The van der Waals surface area contributed by atoms with Crippen LogP contribution in [-0.2, 0) is 6.54 Å². The molecule has 0 N–H and O–H groups in total.